The second kappa shape index (κ2) is 10.8. The number of carbonyl (C=O) groups is 1. The van der Waals surface area contributed by atoms with E-state index in [1.165, 1.54) is 6.92 Å². The molecular formula is C13H24NNaO4S. The summed E-state index contributed by atoms with van der Waals surface area (Å²) < 4.78 is 33.8. The number of carbonyl (C=O) groups excluding carboxylic acids is 1. The number of amides is 1. The molecule has 1 atom stereocenters. The molecular weight excluding hydrogens is 289 g/mol. The first-order valence-electron chi connectivity index (χ1n) is 6.67. The first-order valence-corrected chi connectivity index (χ1v) is 8.07. The van der Waals surface area contributed by atoms with Gasteiger partial charge in [-0.2, -0.15) is 0 Å². The van der Waals surface area contributed by atoms with Gasteiger partial charge in [-0.05, 0) is 19.4 Å². The first-order chi connectivity index (χ1) is 8.77. The molecule has 1 amide bonds. The zero-order valence-corrected chi connectivity index (χ0v) is 15.6. The van der Waals surface area contributed by atoms with E-state index < -0.39 is 20.9 Å². The molecule has 112 valence electrons. The smallest absolute Gasteiger partial charge is 0.746 e. The molecule has 0 fully saturated rings. The van der Waals surface area contributed by atoms with E-state index in [4.69, 9.17) is 0 Å². The Kier molecular flexibility index (Phi) is 12.1. The van der Waals surface area contributed by atoms with Crippen molar-refractivity contribution in [2.45, 2.75) is 63.7 Å². The first kappa shape index (κ1) is 22.4. The van der Waals surface area contributed by atoms with E-state index in [1.807, 2.05) is 0 Å². The standard InChI is InChI=1S/C13H25NO4S.Na/c1-4-6-7-8-9-10-11-13(3,19(16,17)18)14-12(15)5-2;/h5H,2,4,6-11H2,1,3H3,(H,14,15)(H,16,17,18);/q;+1/p-1. The van der Waals surface area contributed by atoms with E-state index in [-0.39, 0.29) is 36.0 Å². The molecule has 0 rings (SSSR count). The van der Waals surface area contributed by atoms with Crippen LogP contribution >= 0.6 is 0 Å². The summed E-state index contributed by atoms with van der Waals surface area (Å²) in [4.78, 5) is 9.47. The zero-order chi connectivity index (χ0) is 14.9. The molecule has 7 heteroatoms. The van der Waals surface area contributed by atoms with Gasteiger partial charge in [-0.3, -0.25) is 4.79 Å². The average molecular weight is 313 g/mol. The van der Waals surface area contributed by atoms with Gasteiger partial charge in [0.15, 0.2) is 0 Å². The number of rotatable bonds is 10. The molecule has 0 saturated carbocycles. The van der Waals surface area contributed by atoms with Crippen molar-refractivity contribution in [3.05, 3.63) is 12.7 Å². The minimum atomic E-state index is -4.60. The predicted octanol–water partition coefficient (Wildman–Crippen LogP) is -0.695. The normalized spacial score (nSPS) is 13.9. The van der Waals surface area contributed by atoms with Crippen molar-refractivity contribution < 1.29 is 47.3 Å². The van der Waals surface area contributed by atoms with Crippen molar-refractivity contribution in [3.8, 4) is 0 Å². The van der Waals surface area contributed by atoms with Crippen molar-refractivity contribution in [1.29, 1.82) is 0 Å². The van der Waals surface area contributed by atoms with Crippen LogP contribution in [0.1, 0.15) is 58.8 Å². The minimum absolute atomic E-state index is 0. The zero-order valence-electron chi connectivity index (χ0n) is 12.8. The van der Waals surface area contributed by atoms with Crippen LogP contribution in [0.2, 0.25) is 0 Å². The van der Waals surface area contributed by atoms with Gasteiger partial charge >= 0.3 is 29.6 Å². The van der Waals surface area contributed by atoms with Crippen LogP contribution in [-0.4, -0.2) is 23.7 Å². The summed E-state index contributed by atoms with van der Waals surface area (Å²) in [6.07, 6.45) is 6.96. The Morgan fingerprint density at radius 3 is 2.20 bits per heavy atom. The molecule has 0 aliphatic carbocycles. The van der Waals surface area contributed by atoms with Crippen LogP contribution in [0.3, 0.4) is 0 Å². The van der Waals surface area contributed by atoms with Gasteiger partial charge in [0.2, 0.25) is 5.91 Å². The van der Waals surface area contributed by atoms with Gasteiger partial charge in [-0.1, -0.05) is 52.0 Å². The fourth-order valence-corrected chi connectivity index (χ4v) is 2.42. The Morgan fingerprint density at radius 1 is 1.25 bits per heavy atom. The van der Waals surface area contributed by atoms with Crippen LogP contribution < -0.4 is 34.9 Å². The maximum Gasteiger partial charge on any atom is 1.00 e. The third-order valence-corrected chi connectivity index (χ3v) is 4.54. The summed E-state index contributed by atoms with van der Waals surface area (Å²) in [7, 11) is -4.60. The number of nitrogens with one attached hydrogen (secondary N) is 1. The van der Waals surface area contributed by atoms with Crippen LogP contribution in [0.5, 0.6) is 0 Å². The van der Waals surface area contributed by atoms with E-state index in [1.54, 1.807) is 0 Å². The van der Waals surface area contributed by atoms with Gasteiger partial charge in [0.05, 0.1) is 0 Å². The molecule has 0 aliphatic heterocycles. The van der Waals surface area contributed by atoms with Crippen LogP contribution in [0.25, 0.3) is 0 Å². The summed E-state index contributed by atoms with van der Waals surface area (Å²) in [5.74, 6) is -0.645. The van der Waals surface area contributed by atoms with Crippen molar-refractivity contribution in [2.75, 3.05) is 0 Å². The third kappa shape index (κ3) is 8.42. The van der Waals surface area contributed by atoms with E-state index in [9.17, 15) is 17.8 Å². The van der Waals surface area contributed by atoms with Crippen molar-refractivity contribution in [1.82, 2.24) is 5.32 Å². The number of hydrogen-bond acceptors (Lipinski definition) is 4. The molecule has 0 heterocycles. The molecule has 0 aliphatic rings. The minimum Gasteiger partial charge on any atom is -0.746 e. The summed E-state index contributed by atoms with van der Waals surface area (Å²) >= 11 is 0. The maximum absolute atomic E-state index is 11.3. The number of unbranched alkanes of at least 4 members (excludes halogenated alkanes) is 5. The Hall–Kier alpha value is 0.120. The molecule has 0 aromatic carbocycles. The third-order valence-electron chi connectivity index (χ3n) is 3.13. The second-order valence-corrected chi connectivity index (χ2v) is 6.71. The van der Waals surface area contributed by atoms with Crippen LogP contribution in [0, 0.1) is 0 Å². The molecule has 1 N–H and O–H groups in total. The predicted molar refractivity (Wildman–Crippen MR) is 74.4 cm³/mol. The fraction of sp³-hybridized carbons (Fsp3) is 0.769. The molecule has 0 spiro atoms. The molecule has 0 bridgehead atoms. The van der Waals surface area contributed by atoms with Gasteiger partial charge in [-0.15, -0.1) is 0 Å². The van der Waals surface area contributed by atoms with E-state index in [0.717, 1.165) is 38.2 Å². The van der Waals surface area contributed by atoms with E-state index >= 15 is 0 Å². The molecule has 1 unspecified atom stereocenters. The van der Waals surface area contributed by atoms with E-state index in [2.05, 4.69) is 18.8 Å². The average Bonchev–Trinajstić information content (AvgIpc) is 2.32. The molecule has 0 radical (unpaired) electrons. The summed E-state index contributed by atoms with van der Waals surface area (Å²) in [5, 5.41) is 2.23. The molecule has 20 heavy (non-hydrogen) atoms. The van der Waals surface area contributed by atoms with Gasteiger partial charge in [0, 0.05) is 0 Å². The largest absolute Gasteiger partial charge is 1.00 e. The van der Waals surface area contributed by atoms with Crippen LogP contribution in [-0.2, 0) is 14.9 Å². The molecule has 0 saturated heterocycles. The van der Waals surface area contributed by atoms with Crippen molar-refractivity contribution in [2.24, 2.45) is 0 Å². The maximum atomic E-state index is 11.3. The Balaban J connectivity index is 0. The number of hydrogen-bond donors (Lipinski definition) is 1. The molecule has 0 aromatic rings. The Morgan fingerprint density at radius 2 is 1.75 bits per heavy atom. The van der Waals surface area contributed by atoms with Crippen molar-refractivity contribution in [3.63, 3.8) is 0 Å². The Bertz CT molecular complexity index is 397. The quantitative estimate of drug-likeness (QED) is 0.250. The molecule has 5 nitrogen and oxygen atoms in total. The van der Waals surface area contributed by atoms with Gasteiger partial charge in [0.25, 0.3) is 0 Å². The summed E-state index contributed by atoms with van der Waals surface area (Å²) in [6, 6.07) is 0. The Labute approximate surface area is 144 Å². The second-order valence-electron chi connectivity index (χ2n) is 4.90. The SMILES string of the molecule is C=CC(=O)NC(C)(CCCCCCCC)S(=O)(=O)[O-].[Na+]. The topological polar surface area (TPSA) is 86.3 Å². The van der Waals surface area contributed by atoms with Crippen molar-refractivity contribution >= 4 is 16.0 Å². The van der Waals surface area contributed by atoms with Gasteiger partial charge in [0.1, 0.15) is 15.0 Å². The van der Waals surface area contributed by atoms with Gasteiger partial charge < -0.3 is 9.87 Å². The van der Waals surface area contributed by atoms with Gasteiger partial charge in [-0.25, -0.2) is 8.42 Å². The fourth-order valence-electron chi connectivity index (χ4n) is 1.80. The van der Waals surface area contributed by atoms with Crippen LogP contribution in [0.4, 0.5) is 0 Å². The van der Waals surface area contributed by atoms with Crippen LogP contribution in [0.15, 0.2) is 12.7 Å². The van der Waals surface area contributed by atoms with E-state index in [0.29, 0.717) is 6.42 Å². The summed E-state index contributed by atoms with van der Waals surface area (Å²) in [5.41, 5.74) is 0. The monoisotopic (exact) mass is 313 g/mol. The molecule has 0 aromatic heterocycles. The summed E-state index contributed by atoms with van der Waals surface area (Å²) in [6.45, 7) is 6.62.